The number of rotatable bonds is 5. The van der Waals surface area contributed by atoms with Gasteiger partial charge in [-0.2, -0.15) is 0 Å². The lowest BCUT2D eigenvalue weighted by Gasteiger charge is -2.22. The van der Waals surface area contributed by atoms with E-state index in [0.717, 1.165) is 5.56 Å². The van der Waals surface area contributed by atoms with Gasteiger partial charge in [0.2, 0.25) is 0 Å². The molecule has 0 aliphatic heterocycles. The molecule has 0 aromatic heterocycles. The summed E-state index contributed by atoms with van der Waals surface area (Å²) < 4.78 is 10.2. The van der Waals surface area contributed by atoms with E-state index < -0.39 is 23.7 Å². The number of nitrogens with one attached hydrogen (secondary N) is 1. The molecule has 1 atom stereocenters. The molecule has 1 aromatic carbocycles. The Morgan fingerprint density at radius 3 is 2.38 bits per heavy atom. The minimum absolute atomic E-state index is 0.0626. The molecule has 6 heteroatoms. The monoisotopic (exact) mass is 294 g/mol. The molecule has 0 radical (unpaired) electrons. The fraction of sp³-hybridized carbons (Fsp3) is 0.467. The number of nitrogens with two attached hydrogens (primary N) is 1. The van der Waals surface area contributed by atoms with Crippen molar-refractivity contribution >= 4 is 12.1 Å². The lowest BCUT2D eigenvalue weighted by molar-refractivity contribution is -0.147. The fourth-order valence-corrected chi connectivity index (χ4v) is 1.49. The number of ether oxygens (including phenoxy) is 2. The van der Waals surface area contributed by atoms with E-state index in [4.69, 9.17) is 15.2 Å². The Morgan fingerprint density at radius 1 is 1.24 bits per heavy atom. The lowest BCUT2D eigenvalue weighted by atomic mass is 10.2. The molecule has 116 valence electrons. The fourth-order valence-electron chi connectivity index (χ4n) is 1.49. The maximum absolute atomic E-state index is 11.9. The van der Waals surface area contributed by atoms with Crippen molar-refractivity contribution in [3.05, 3.63) is 35.9 Å². The number of alkyl carbamates (subject to hydrolysis) is 1. The topological polar surface area (TPSA) is 90.6 Å². The molecule has 1 aromatic rings. The molecule has 0 aliphatic rings. The molecule has 0 unspecified atom stereocenters. The highest BCUT2D eigenvalue weighted by atomic mass is 16.6. The van der Waals surface area contributed by atoms with Gasteiger partial charge in [0.05, 0.1) is 0 Å². The molecule has 21 heavy (non-hydrogen) atoms. The number of esters is 1. The SMILES string of the molecule is CC(C)(C)OC(=O)N[C@@H](CN)C(=O)OCc1ccccc1. The van der Waals surface area contributed by atoms with Crippen molar-refractivity contribution in [3.8, 4) is 0 Å². The van der Waals surface area contributed by atoms with Gasteiger partial charge in [-0.25, -0.2) is 9.59 Å². The van der Waals surface area contributed by atoms with Crippen molar-refractivity contribution in [1.29, 1.82) is 0 Å². The zero-order valence-electron chi connectivity index (χ0n) is 12.6. The smallest absolute Gasteiger partial charge is 0.408 e. The van der Waals surface area contributed by atoms with Crippen LogP contribution in [0, 0.1) is 0 Å². The van der Waals surface area contributed by atoms with Crippen molar-refractivity contribution in [2.45, 2.75) is 39.0 Å². The molecule has 0 spiro atoms. The van der Waals surface area contributed by atoms with Gasteiger partial charge in [-0.1, -0.05) is 30.3 Å². The Kier molecular flexibility index (Phi) is 6.17. The number of carbonyl (C=O) groups is 2. The molecule has 0 saturated heterocycles. The maximum atomic E-state index is 11.9. The van der Waals surface area contributed by atoms with Gasteiger partial charge >= 0.3 is 12.1 Å². The van der Waals surface area contributed by atoms with Gasteiger partial charge in [0.15, 0.2) is 0 Å². The summed E-state index contributed by atoms with van der Waals surface area (Å²) in [6, 6.07) is 8.32. The highest BCUT2D eigenvalue weighted by Gasteiger charge is 2.24. The predicted molar refractivity (Wildman–Crippen MR) is 78.5 cm³/mol. The van der Waals surface area contributed by atoms with Crippen LogP contribution in [0.5, 0.6) is 0 Å². The third kappa shape index (κ3) is 6.76. The minimum atomic E-state index is -0.927. The predicted octanol–water partition coefficient (Wildman–Crippen LogP) is 1.58. The molecule has 0 fully saturated rings. The van der Waals surface area contributed by atoms with Crippen LogP contribution >= 0.6 is 0 Å². The van der Waals surface area contributed by atoms with Crippen LogP contribution in [0.3, 0.4) is 0 Å². The summed E-state index contributed by atoms with van der Waals surface area (Å²) in [5, 5.41) is 2.40. The van der Waals surface area contributed by atoms with E-state index in [1.54, 1.807) is 20.8 Å². The average molecular weight is 294 g/mol. The standard InChI is InChI=1S/C15H22N2O4/c1-15(2,3)21-14(19)17-12(9-16)13(18)20-10-11-7-5-4-6-8-11/h4-8,12H,9-10,16H2,1-3H3,(H,17,19)/t12-/m0/s1. The highest BCUT2D eigenvalue weighted by molar-refractivity contribution is 5.81. The number of amides is 1. The Hall–Kier alpha value is -2.08. The van der Waals surface area contributed by atoms with Crippen LogP contribution in [0.25, 0.3) is 0 Å². The first-order valence-corrected chi connectivity index (χ1v) is 6.72. The van der Waals surface area contributed by atoms with Crippen LogP contribution in [0.15, 0.2) is 30.3 Å². The molecule has 0 aliphatic carbocycles. The van der Waals surface area contributed by atoms with Gasteiger partial charge in [-0.3, -0.25) is 0 Å². The van der Waals surface area contributed by atoms with E-state index in [1.807, 2.05) is 30.3 Å². The van der Waals surface area contributed by atoms with Gasteiger partial charge in [-0.15, -0.1) is 0 Å². The van der Waals surface area contributed by atoms with Crippen molar-refractivity contribution in [2.75, 3.05) is 6.54 Å². The third-order valence-corrected chi connectivity index (χ3v) is 2.44. The molecule has 1 amide bonds. The quantitative estimate of drug-likeness (QED) is 0.805. The van der Waals surface area contributed by atoms with E-state index in [2.05, 4.69) is 5.32 Å². The Balaban J connectivity index is 2.48. The summed E-state index contributed by atoms with van der Waals surface area (Å²) in [6.45, 7) is 5.27. The normalized spacial score (nSPS) is 12.4. The minimum Gasteiger partial charge on any atom is -0.459 e. The third-order valence-electron chi connectivity index (χ3n) is 2.44. The molecule has 0 saturated carbocycles. The first-order chi connectivity index (χ1) is 9.81. The molecule has 0 bridgehead atoms. The average Bonchev–Trinajstić information content (AvgIpc) is 2.41. The molecule has 3 N–H and O–H groups in total. The number of benzene rings is 1. The van der Waals surface area contributed by atoms with Crippen molar-refractivity contribution < 1.29 is 19.1 Å². The molecule has 1 rings (SSSR count). The Bertz CT molecular complexity index is 468. The highest BCUT2D eigenvalue weighted by Crippen LogP contribution is 2.07. The van der Waals surface area contributed by atoms with Crippen LogP contribution in [-0.4, -0.2) is 30.3 Å². The second kappa shape index (κ2) is 7.64. The lowest BCUT2D eigenvalue weighted by Crippen LogP contribution is -2.48. The second-order valence-corrected chi connectivity index (χ2v) is 5.53. The van der Waals surface area contributed by atoms with Crippen LogP contribution in [0.1, 0.15) is 26.3 Å². The van der Waals surface area contributed by atoms with Crippen molar-refractivity contribution in [3.63, 3.8) is 0 Å². The van der Waals surface area contributed by atoms with Gasteiger partial charge in [-0.05, 0) is 26.3 Å². The van der Waals surface area contributed by atoms with Crippen molar-refractivity contribution in [1.82, 2.24) is 5.32 Å². The summed E-state index contributed by atoms with van der Waals surface area (Å²) in [5.74, 6) is -0.591. The van der Waals surface area contributed by atoms with E-state index in [-0.39, 0.29) is 13.2 Å². The number of hydrogen-bond donors (Lipinski definition) is 2. The first-order valence-electron chi connectivity index (χ1n) is 6.72. The molecular formula is C15H22N2O4. The molecule has 0 heterocycles. The molecular weight excluding hydrogens is 272 g/mol. The van der Waals surface area contributed by atoms with Crippen LogP contribution in [0.2, 0.25) is 0 Å². The summed E-state index contributed by atoms with van der Waals surface area (Å²) in [4.78, 5) is 23.5. The number of hydrogen-bond acceptors (Lipinski definition) is 5. The zero-order valence-corrected chi connectivity index (χ0v) is 12.6. The van der Waals surface area contributed by atoms with Crippen LogP contribution in [0.4, 0.5) is 4.79 Å². The zero-order chi connectivity index (χ0) is 15.9. The first kappa shape index (κ1) is 17.0. The summed E-state index contributed by atoms with van der Waals surface area (Å²) in [6.07, 6.45) is -0.699. The van der Waals surface area contributed by atoms with E-state index in [9.17, 15) is 9.59 Å². The largest absolute Gasteiger partial charge is 0.459 e. The Morgan fingerprint density at radius 2 is 1.86 bits per heavy atom. The summed E-state index contributed by atoms with van der Waals surface area (Å²) in [7, 11) is 0. The van der Waals surface area contributed by atoms with E-state index in [1.165, 1.54) is 0 Å². The van der Waals surface area contributed by atoms with Gasteiger partial charge in [0.25, 0.3) is 0 Å². The molecule has 6 nitrogen and oxygen atoms in total. The van der Waals surface area contributed by atoms with Gasteiger partial charge in [0.1, 0.15) is 18.2 Å². The van der Waals surface area contributed by atoms with Crippen LogP contribution < -0.4 is 11.1 Å². The maximum Gasteiger partial charge on any atom is 0.408 e. The Labute approximate surface area is 124 Å². The van der Waals surface area contributed by atoms with Crippen molar-refractivity contribution in [2.24, 2.45) is 5.73 Å². The second-order valence-electron chi connectivity index (χ2n) is 5.53. The van der Waals surface area contributed by atoms with Gasteiger partial charge < -0.3 is 20.5 Å². The summed E-state index contributed by atoms with van der Waals surface area (Å²) in [5.41, 5.74) is 5.70. The van der Waals surface area contributed by atoms with E-state index in [0.29, 0.717) is 0 Å². The van der Waals surface area contributed by atoms with E-state index >= 15 is 0 Å². The van der Waals surface area contributed by atoms with Crippen LogP contribution in [-0.2, 0) is 20.9 Å². The summed E-state index contributed by atoms with van der Waals surface area (Å²) >= 11 is 0. The number of carbonyl (C=O) groups excluding carboxylic acids is 2. The van der Waals surface area contributed by atoms with Gasteiger partial charge in [0, 0.05) is 6.54 Å².